The molecule has 2 fully saturated rings. The Balaban J connectivity index is 1.93. The Hall–Kier alpha value is -0.730. The van der Waals surface area contributed by atoms with Crippen LogP contribution in [0.2, 0.25) is 0 Å². The van der Waals surface area contributed by atoms with Crippen LogP contribution in [0.3, 0.4) is 0 Å². The van der Waals surface area contributed by atoms with Gasteiger partial charge in [-0.2, -0.15) is 0 Å². The Labute approximate surface area is 85.4 Å². The highest BCUT2D eigenvalue weighted by molar-refractivity contribution is 5.69. The highest BCUT2D eigenvalue weighted by Gasteiger charge is 2.41. The Morgan fingerprint density at radius 1 is 1.36 bits per heavy atom. The minimum atomic E-state index is -0.362. The first kappa shape index (κ1) is 9.81. The summed E-state index contributed by atoms with van der Waals surface area (Å²) in [5, 5.41) is 0. The van der Waals surface area contributed by atoms with E-state index < -0.39 is 0 Å². The van der Waals surface area contributed by atoms with Crippen molar-refractivity contribution in [1.82, 2.24) is 4.90 Å². The quantitative estimate of drug-likeness (QED) is 0.597. The molecule has 1 aliphatic carbocycles. The van der Waals surface area contributed by atoms with Crippen LogP contribution >= 0.6 is 0 Å². The van der Waals surface area contributed by atoms with Crippen LogP contribution in [-0.2, 0) is 4.74 Å². The maximum atomic E-state index is 11.8. The summed E-state index contributed by atoms with van der Waals surface area (Å²) in [6.45, 7) is 6.66. The highest BCUT2D eigenvalue weighted by Crippen LogP contribution is 2.37. The number of rotatable bonds is 0. The number of carbonyl (C=O) groups excluding carboxylic acids is 1. The molecule has 3 nitrogen and oxygen atoms in total. The predicted molar refractivity (Wildman–Crippen MR) is 54.1 cm³/mol. The molecule has 1 heterocycles. The van der Waals surface area contributed by atoms with E-state index >= 15 is 0 Å². The molecule has 1 unspecified atom stereocenters. The molecule has 2 aliphatic rings. The van der Waals surface area contributed by atoms with Crippen molar-refractivity contribution in [2.75, 3.05) is 6.54 Å². The summed E-state index contributed by atoms with van der Waals surface area (Å²) in [5.41, 5.74) is -0.362. The summed E-state index contributed by atoms with van der Waals surface area (Å²) in [4.78, 5) is 13.7. The molecule has 2 rings (SSSR count). The monoisotopic (exact) mass is 197 g/mol. The summed E-state index contributed by atoms with van der Waals surface area (Å²) in [5.74, 6) is 0.743. The van der Waals surface area contributed by atoms with Crippen molar-refractivity contribution in [3.05, 3.63) is 0 Å². The lowest BCUT2D eigenvalue weighted by atomic mass is 10.1. The maximum Gasteiger partial charge on any atom is 0.410 e. The maximum absolute atomic E-state index is 11.8. The third-order valence-electron chi connectivity index (χ3n) is 3.04. The lowest BCUT2D eigenvalue weighted by Crippen LogP contribution is -2.41. The molecule has 80 valence electrons. The molecule has 0 aromatic heterocycles. The lowest BCUT2D eigenvalue weighted by molar-refractivity contribution is 0.0191. The molecule has 1 amide bonds. The molecule has 0 radical (unpaired) electrons. The molecule has 2 bridgehead atoms. The molecule has 1 saturated heterocycles. The number of hydrogen-bond acceptors (Lipinski definition) is 2. The number of amides is 1. The van der Waals surface area contributed by atoms with Gasteiger partial charge in [-0.15, -0.1) is 0 Å². The predicted octanol–water partition coefficient (Wildman–Crippen LogP) is 2.41. The molecule has 1 aliphatic heterocycles. The fourth-order valence-electron chi connectivity index (χ4n) is 2.47. The second kappa shape index (κ2) is 3.14. The first-order valence-corrected chi connectivity index (χ1v) is 5.45. The van der Waals surface area contributed by atoms with Crippen LogP contribution in [0, 0.1) is 5.92 Å². The minimum Gasteiger partial charge on any atom is -0.444 e. The summed E-state index contributed by atoms with van der Waals surface area (Å²) < 4.78 is 5.36. The van der Waals surface area contributed by atoms with Gasteiger partial charge in [0.1, 0.15) is 5.60 Å². The van der Waals surface area contributed by atoms with E-state index in [0.717, 1.165) is 12.5 Å². The molecular formula is C11H19NO2. The van der Waals surface area contributed by atoms with Gasteiger partial charge >= 0.3 is 6.09 Å². The van der Waals surface area contributed by atoms with E-state index in [1.54, 1.807) is 0 Å². The standard InChI is InChI=1S/C11H19NO2/c1-11(2,3)14-10(13)12-7-8-4-5-9(12)6-8/h8-9H,4-7H2,1-3H3/t8-,9?/m1/s1. The fourth-order valence-corrected chi connectivity index (χ4v) is 2.47. The van der Waals surface area contributed by atoms with Crippen molar-refractivity contribution < 1.29 is 9.53 Å². The van der Waals surface area contributed by atoms with Gasteiger partial charge in [-0.25, -0.2) is 4.79 Å². The Morgan fingerprint density at radius 2 is 2.07 bits per heavy atom. The average Bonchev–Trinajstić information content (AvgIpc) is 2.59. The Kier molecular flexibility index (Phi) is 2.20. The van der Waals surface area contributed by atoms with Crippen LogP contribution < -0.4 is 0 Å². The smallest absolute Gasteiger partial charge is 0.410 e. The van der Waals surface area contributed by atoms with Gasteiger partial charge in [-0.3, -0.25) is 0 Å². The fraction of sp³-hybridized carbons (Fsp3) is 0.909. The molecular weight excluding hydrogens is 178 g/mol. The Morgan fingerprint density at radius 3 is 2.50 bits per heavy atom. The number of likely N-dealkylation sites (tertiary alicyclic amines) is 1. The van der Waals surface area contributed by atoms with Gasteiger partial charge < -0.3 is 9.64 Å². The molecule has 0 N–H and O–H groups in total. The molecule has 0 spiro atoms. The van der Waals surface area contributed by atoms with Gasteiger partial charge in [0.2, 0.25) is 0 Å². The summed E-state index contributed by atoms with van der Waals surface area (Å²) >= 11 is 0. The molecule has 1 saturated carbocycles. The van der Waals surface area contributed by atoms with Gasteiger partial charge in [0.15, 0.2) is 0 Å². The van der Waals surface area contributed by atoms with Crippen molar-refractivity contribution >= 4 is 6.09 Å². The van der Waals surface area contributed by atoms with Gasteiger partial charge in [-0.05, 0) is 46.0 Å². The molecule has 14 heavy (non-hydrogen) atoms. The number of carbonyl (C=O) groups is 1. The van der Waals surface area contributed by atoms with E-state index in [-0.39, 0.29) is 11.7 Å². The second-order valence-corrected chi connectivity index (χ2v) is 5.47. The number of nitrogens with zero attached hydrogens (tertiary/aromatic N) is 1. The van der Waals surface area contributed by atoms with E-state index in [2.05, 4.69) is 0 Å². The average molecular weight is 197 g/mol. The van der Waals surface area contributed by atoms with Crippen molar-refractivity contribution in [1.29, 1.82) is 0 Å². The van der Waals surface area contributed by atoms with Crippen molar-refractivity contribution in [2.45, 2.75) is 51.7 Å². The number of piperidine rings is 1. The van der Waals surface area contributed by atoms with Gasteiger partial charge in [-0.1, -0.05) is 0 Å². The van der Waals surface area contributed by atoms with Crippen molar-refractivity contribution in [3.63, 3.8) is 0 Å². The van der Waals surface area contributed by atoms with Crippen LogP contribution in [0.15, 0.2) is 0 Å². The third kappa shape index (κ3) is 1.86. The SMILES string of the molecule is CC(C)(C)OC(=O)N1C[C@@H]2CCC1C2. The number of fused-ring (bicyclic) bond motifs is 2. The summed E-state index contributed by atoms with van der Waals surface area (Å²) in [6.07, 6.45) is 3.54. The normalized spacial score (nSPS) is 30.9. The van der Waals surface area contributed by atoms with Gasteiger partial charge in [0.05, 0.1) is 0 Å². The summed E-state index contributed by atoms with van der Waals surface area (Å²) in [6, 6.07) is 0.467. The van der Waals surface area contributed by atoms with Crippen LogP contribution in [0.25, 0.3) is 0 Å². The first-order valence-electron chi connectivity index (χ1n) is 5.45. The number of hydrogen-bond donors (Lipinski definition) is 0. The zero-order valence-corrected chi connectivity index (χ0v) is 9.25. The lowest BCUT2D eigenvalue weighted by Gasteiger charge is -2.30. The molecule has 3 heteroatoms. The largest absolute Gasteiger partial charge is 0.444 e. The second-order valence-electron chi connectivity index (χ2n) is 5.47. The first-order chi connectivity index (χ1) is 6.46. The minimum absolute atomic E-state index is 0.121. The van der Waals surface area contributed by atoms with E-state index in [1.807, 2.05) is 25.7 Å². The van der Waals surface area contributed by atoms with Crippen LogP contribution in [0.4, 0.5) is 4.79 Å². The highest BCUT2D eigenvalue weighted by atomic mass is 16.6. The van der Waals surface area contributed by atoms with Gasteiger partial charge in [0.25, 0.3) is 0 Å². The van der Waals surface area contributed by atoms with Crippen molar-refractivity contribution in [3.8, 4) is 0 Å². The topological polar surface area (TPSA) is 29.5 Å². The van der Waals surface area contributed by atoms with Crippen LogP contribution in [0.1, 0.15) is 40.0 Å². The molecule has 2 atom stereocenters. The van der Waals surface area contributed by atoms with Crippen LogP contribution in [-0.4, -0.2) is 29.2 Å². The Bertz CT molecular complexity index is 244. The van der Waals surface area contributed by atoms with E-state index in [9.17, 15) is 4.79 Å². The van der Waals surface area contributed by atoms with E-state index in [4.69, 9.17) is 4.74 Å². The van der Waals surface area contributed by atoms with Crippen LogP contribution in [0.5, 0.6) is 0 Å². The molecule has 0 aromatic rings. The molecule has 0 aromatic carbocycles. The van der Waals surface area contributed by atoms with E-state index in [0.29, 0.717) is 6.04 Å². The zero-order chi connectivity index (χ0) is 10.3. The summed E-state index contributed by atoms with van der Waals surface area (Å²) in [7, 11) is 0. The van der Waals surface area contributed by atoms with Gasteiger partial charge in [0, 0.05) is 12.6 Å². The van der Waals surface area contributed by atoms with Crippen molar-refractivity contribution in [2.24, 2.45) is 5.92 Å². The van der Waals surface area contributed by atoms with E-state index in [1.165, 1.54) is 19.3 Å². The number of ether oxygens (including phenoxy) is 1. The zero-order valence-electron chi connectivity index (χ0n) is 9.25. The third-order valence-corrected chi connectivity index (χ3v) is 3.04.